The number of aromatic nitrogens is 6. The number of piperidine rings is 1. The number of nitrogens with one attached hydrogen (secondary N) is 1. The van der Waals surface area contributed by atoms with E-state index in [4.69, 9.17) is 20.8 Å². The summed E-state index contributed by atoms with van der Waals surface area (Å²) in [6.07, 6.45) is 3.74. The maximum atomic E-state index is 10.6. The van der Waals surface area contributed by atoms with E-state index in [2.05, 4.69) is 48.2 Å². The van der Waals surface area contributed by atoms with Crippen LogP contribution in [0.15, 0.2) is 30.5 Å². The van der Waals surface area contributed by atoms with E-state index in [1.807, 2.05) is 25.4 Å². The molecule has 4 heterocycles. The van der Waals surface area contributed by atoms with Gasteiger partial charge in [-0.05, 0) is 56.7 Å². The molecule has 0 saturated carbocycles. The first-order valence-corrected chi connectivity index (χ1v) is 13.4. The molecule has 0 spiro atoms. The van der Waals surface area contributed by atoms with Crippen LogP contribution in [0.1, 0.15) is 68.8 Å². The van der Waals surface area contributed by atoms with Gasteiger partial charge in [0.15, 0.2) is 5.65 Å². The molecule has 4 aromatic rings. The van der Waals surface area contributed by atoms with Crippen LogP contribution in [0.5, 0.6) is 0 Å². The molecule has 3 aromatic heterocycles. The lowest BCUT2D eigenvalue weighted by Gasteiger charge is -2.30. The van der Waals surface area contributed by atoms with E-state index in [1.54, 1.807) is 23.0 Å². The number of rotatable bonds is 7. The number of benzene rings is 1. The van der Waals surface area contributed by atoms with Gasteiger partial charge in [0.2, 0.25) is 11.9 Å². The maximum absolute atomic E-state index is 10.6. The predicted octanol–water partition coefficient (Wildman–Crippen LogP) is 3.72. The van der Waals surface area contributed by atoms with Crippen LogP contribution < -0.4 is 16.0 Å². The number of aliphatic hydroxyl groups is 1. The molecule has 1 aliphatic heterocycles. The third kappa shape index (κ3) is 4.98. The highest BCUT2D eigenvalue weighted by molar-refractivity contribution is 5.67. The van der Waals surface area contributed by atoms with Crippen LogP contribution in [0, 0.1) is 6.92 Å². The molecule has 1 saturated heterocycles. The molecule has 0 radical (unpaired) electrons. The molecule has 4 N–H and O–H groups in total. The summed E-state index contributed by atoms with van der Waals surface area (Å²) in [6.45, 7) is 12.2. The number of nitrogens with zero attached hydrogens (tertiary/aromatic N) is 7. The average molecular weight is 518 g/mol. The maximum Gasteiger partial charge on any atom is 0.230 e. The summed E-state index contributed by atoms with van der Waals surface area (Å²) >= 11 is 0. The lowest BCUT2D eigenvalue weighted by molar-refractivity contribution is 0.0696. The van der Waals surface area contributed by atoms with Gasteiger partial charge in [0.05, 0.1) is 17.6 Å². The van der Waals surface area contributed by atoms with Gasteiger partial charge < -0.3 is 21.1 Å². The third-order valence-corrected chi connectivity index (χ3v) is 7.44. The van der Waals surface area contributed by atoms with Crippen molar-refractivity contribution in [1.82, 2.24) is 29.4 Å². The third-order valence-electron chi connectivity index (χ3n) is 7.44. The molecule has 1 fully saturated rings. The van der Waals surface area contributed by atoms with Crippen LogP contribution in [0.4, 0.5) is 11.9 Å². The highest BCUT2D eigenvalue weighted by atomic mass is 16.3. The topological polar surface area (TPSA) is 122 Å². The van der Waals surface area contributed by atoms with Crippen molar-refractivity contribution >= 4 is 17.5 Å². The second-order valence-electron chi connectivity index (χ2n) is 11.2. The number of anilines is 2. The average Bonchev–Trinajstić information content (AvgIpc) is 3.47. The van der Waals surface area contributed by atoms with Crippen molar-refractivity contribution in [2.75, 3.05) is 23.3 Å². The SMILES string of the molecule is Cc1cccc(-c2cc(C(C)(C)O)n(C)n2)c1CNc1nc(N2CCC(N)CC2)nc2c(C(C)C)cnn12. The Morgan fingerprint density at radius 1 is 1.18 bits per heavy atom. The molecule has 10 heteroatoms. The van der Waals surface area contributed by atoms with Crippen LogP contribution in [-0.4, -0.2) is 53.6 Å². The Morgan fingerprint density at radius 3 is 2.58 bits per heavy atom. The fourth-order valence-electron chi connectivity index (χ4n) is 5.16. The van der Waals surface area contributed by atoms with Gasteiger partial charge in [-0.2, -0.15) is 24.7 Å². The quantitative estimate of drug-likeness (QED) is 0.339. The molecular weight excluding hydrogens is 478 g/mol. The van der Waals surface area contributed by atoms with Gasteiger partial charge >= 0.3 is 0 Å². The summed E-state index contributed by atoms with van der Waals surface area (Å²) < 4.78 is 3.55. The minimum absolute atomic E-state index is 0.233. The Hall–Kier alpha value is -3.50. The molecule has 38 heavy (non-hydrogen) atoms. The summed E-state index contributed by atoms with van der Waals surface area (Å²) in [5.74, 6) is 1.65. The number of nitrogens with two attached hydrogens (primary N) is 1. The van der Waals surface area contributed by atoms with Crippen molar-refractivity contribution in [3.8, 4) is 11.3 Å². The van der Waals surface area contributed by atoms with Crippen molar-refractivity contribution < 1.29 is 5.11 Å². The molecule has 0 amide bonds. The largest absolute Gasteiger partial charge is 0.384 e. The number of hydrogen-bond donors (Lipinski definition) is 3. The van der Waals surface area contributed by atoms with Gasteiger partial charge in [-0.25, -0.2) is 0 Å². The van der Waals surface area contributed by atoms with Gasteiger partial charge in [-0.3, -0.25) is 4.68 Å². The summed E-state index contributed by atoms with van der Waals surface area (Å²) in [6, 6.07) is 8.41. The number of fused-ring (bicyclic) bond motifs is 1. The van der Waals surface area contributed by atoms with E-state index < -0.39 is 5.60 Å². The molecule has 0 bridgehead atoms. The lowest BCUT2D eigenvalue weighted by Crippen LogP contribution is -2.40. The first kappa shape index (κ1) is 26.1. The van der Waals surface area contributed by atoms with Crippen LogP contribution >= 0.6 is 0 Å². The standard InChI is InChI=1S/C28H39N9O/c1-17(2)21-16-31-37-25(21)32-27(36-12-10-19(29)11-13-36)33-26(37)30-15-22-18(3)8-7-9-20(22)23-14-24(28(4,5)38)35(6)34-23/h7-9,14,16-17,19,38H,10-13,15,29H2,1-6H3,(H,30,32,33). The van der Waals surface area contributed by atoms with Crippen molar-refractivity contribution in [1.29, 1.82) is 0 Å². The molecule has 1 aromatic carbocycles. The summed E-state index contributed by atoms with van der Waals surface area (Å²) in [5, 5.41) is 23.5. The van der Waals surface area contributed by atoms with Gasteiger partial charge in [-0.15, -0.1) is 0 Å². The molecular formula is C28H39N9O. The number of aryl methyl sites for hydroxylation is 2. The second-order valence-corrected chi connectivity index (χ2v) is 11.2. The Bertz CT molecular complexity index is 1440. The second kappa shape index (κ2) is 9.99. The van der Waals surface area contributed by atoms with Crippen molar-refractivity contribution in [2.45, 2.75) is 71.6 Å². The Morgan fingerprint density at radius 2 is 1.92 bits per heavy atom. The van der Waals surface area contributed by atoms with E-state index in [0.717, 1.165) is 65.2 Å². The van der Waals surface area contributed by atoms with Crippen molar-refractivity contribution in [2.24, 2.45) is 12.8 Å². The van der Waals surface area contributed by atoms with Gasteiger partial charge in [-0.1, -0.05) is 32.0 Å². The van der Waals surface area contributed by atoms with Gasteiger partial charge in [0.1, 0.15) is 5.60 Å². The zero-order valence-corrected chi connectivity index (χ0v) is 23.2. The molecule has 0 aliphatic carbocycles. The smallest absolute Gasteiger partial charge is 0.230 e. The van der Waals surface area contributed by atoms with Crippen molar-refractivity contribution in [3.63, 3.8) is 0 Å². The Kier molecular flexibility index (Phi) is 6.87. The highest BCUT2D eigenvalue weighted by Crippen LogP contribution is 2.30. The van der Waals surface area contributed by atoms with E-state index >= 15 is 0 Å². The molecule has 0 unspecified atom stereocenters. The fourth-order valence-corrected chi connectivity index (χ4v) is 5.16. The molecule has 5 rings (SSSR count). The van der Waals surface area contributed by atoms with Crippen molar-refractivity contribution in [3.05, 3.63) is 52.8 Å². The van der Waals surface area contributed by atoms with Crippen LogP contribution in [0.2, 0.25) is 0 Å². The van der Waals surface area contributed by atoms with E-state index in [1.165, 1.54) is 0 Å². The predicted molar refractivity (Wildman–Crippen MR) is 150 cm³/mol. The van der Waals surface area contributed by atoms with E-state index in [-0.39, 0.29) is 12.0 Å². The zero-order valence-electron chi connectivity index (χ0n) is 23.2. The molecule has 10 nitrogen and oxygen atoms in total. The normalized spacial score (nSPS) is 15.1. The van der Waals surface area contributed by atoms with E-state index in [0.29, 0.717) is 18.4 Å². The Balaban J connectivity index is 1.52. The highest BCUT2D eigenvalue weighted by Gasteiger charge is 2.24. The van der Waals surface area contributed by atoms with Crippen LogP contribution in [0.3, 0.4) is 0 Å². The lowest BCUT2D eigenvalue weighted by atomic mass is 9.98. The Labute approximate surface area is 223 Å². The van der Waals surface area contributed by atoms with Crippen LogP contribution in [-0.2, 0) is 19.2 Å². The molecule has 0 atom stereocenters. The van der Waals surface area contributed by atoms with E-state index in [9.17, 15) is 5.11 Å². The van der Waals surface area contributed by atoms with Crippen LogP contribution in [0.25, 0.3) is 16.9 Å². The fraction of sp³-hybridized carbons (Fsp3) is 0.500. The monoisotopic (exact) mass is 517 g/mol. The van der Waals surface area contributed by atoms with Gasteiger partial charge in [0.25, 0.3) is 0 Å². The summed E-state index contributed by atoms with van der Waals surface area (Å²) in [7, 11) is 1.86. The van der Waals surface area contributed by atoms with Gasteiger partial charge in [0, 0.05) is 43.9 Å². The first-order chi connectivity index (χ1) is 18.0. The minimum atomic E-state index is -0.988. The summed E-state index contributed by atoms with van der Waals surface area (Å²) in [4.78, 5) is 12.1. The number of hydrogen-bond acceptors (Lipinski definition) is 8. The first-order valence-electron chi connectivity index (χ1n) is 13.4. The zero-order chi connectivity index (χ0) is 27.2. The molecule has 202 valence electrons. The summed E-state index contributed by atoms with van der Waals surface area (Å²) in [5.41, 5.74) is 11.9. The molecule has 1 aliphatic rings. The minimum Gasteiger partial charge on any atom is -0.384 e.